The SMILES string of the molecule is CC[C@@H](C)[C@@H]1NC(=O)N(C2CCCCC2)C1=O. The van der Waals surface area contributed by atoms with Crippen molar-refractivity contribution in [1.82, 2.24) is 10.2 Å². The van der Waals surface area contributed by atoms with Crippen LogP contribution in [0, 0.1) is 5.92 Å². The van der Waals surface area contributed by atoms with Crippen LogP contribution in [0.3, 0.4) is 0 Å². The van der Waals surface area contributed by atoms with E-state index in [9.17, 15) is 9.59 Å². The van der Waals surface area contributed by atoms with Crippen LogP contribution in [0.4, 0.5) is 4.79 Å². The first kappa shape index (κ1) is 12.4. The van der Waals surface area contributed by atoms with E-state index in [-0.39, 0.29) is 29.9 Å². The molecule has 4 nitrogen and oxygen atoms in total. The van der Waals surface area contributed by atoms with Crippen molar-refractivity contribution in [3.8, 4) is 0 Å². The van der Waals surface area contributed by atoms with Gasteiger partial charge in [-0.15, -0.1) is 0 Å². The Labute approximate surface area is 103 Å². The Morgan fingerprint density at radius 2 is 1.94 bits per heavy atom. The van der Waals surface area contributed by atoms with Crippen molar-refractivity contribution in [2.75, 3.05) is 0 Å². The van der Waals surface area contributed by atoms with Crippen LogP contribution in [0.15, 0.2) is 0 Å². The highest BCUT2D eigenvalue weighted by Gasteiger charge is 2.43. The lowest BCUT2D eigenvalue weighted by molar-refractivity contribution is -0.130. The molecule has 0 aromatic carbocycles. The molecule has 1 heterocycles. The van der Waals surface area contributed by atoms with Gasteiger partial charge in [-0.1, -0.05) is 39.5 Å². The highest BCUT2D eigenvalue weighted by molar-refractivity contribution is 6.04. The largest absolute Gasteiger partial charge is 0.326 e. The van der Waals surface area contributed by atoms with Crippen LogP contribution in [0.25, 0.3) is 0 Å². The van der Waals surface area contributed by atoms with Crippen molar-refractivity contribution in [2.45, 2.75) is 64.5 Å². The molecular weight excluding hydrogens is 216 g/mol. The zero-order valence-corrected chi connectivity index (χ0v) is 10.7. The maximum absolute atomic E-state index is 12.3. The van der Waals surface area contributed by atoms with E-state index in [1.54, 1.807) is 0 Å². The van der Waals surface area contributed by atoms with Crippen molar-refractivity contribution < 1.29 is 9.59 Å². The number of amides is 3. The summed E-state index contributed by atoms with van der Waals surface area (Å²) in [5.41, 5.74) is 0. The lowest BCUT2D eigenvalue weighted by Crippen LogP contribution is -2.42. The fourth-order valence-electron chi connectivity index (χ4n) is 2.82. The number of carbonyl (C=O) groups excluding carboxylic acids is 2. The molecule has 2 aliphatic rings. The minimum Gasteiger partial charge on any atom is -0.326 e. The summed E-state index contributed by atoms with van der Waals surface area (Å²) in [5, 5.41) is 2.84. The van der Waals surface area contributed by atoms with Gasteiger partial charge in [0, 0.05) is 6.04 Å². The number of hydrogen-bond donors (Lipinski definition) is 1. The van der Waals surface area contributed by atoms with Gasteiger partial charge in [0.15, 0.2) is 0 Å². The van der Waals surface area contributed by atoms with Crippen LogP contribution in [0.1, 0.15) is 52.4 Å². The first-order valence-electron chi connectivity index (χ1n) is 6.78. The van der Waals surface area contributed by atoms with Crippen LogP contribution >= 0.6 is 0 Å². The van der Waals surface area contributed by atoms with Gasteiger partial charge in [-0.3, -0.25) is 9.69 Å². The molecule has 0 aromatic heterocycles. The van der Waals surface area contributed by atoms with Gasteiger partial charge in [-0.2, -0.15) is 0 Å². The molecule has 0 bridgehead atoms. The molecule has 1 saturated carbocycles. The van der Waals surface area contributed by atoms with Crippen LogP contribution in [0.5, 0.6) is 0 Å². The van der Waals surface area contributed by atoms with Gasteiger partial charge in [0.2, 0.25) is 0 Å². The molecule has 1 N–H and O–H groups in total. The van der Waals surface area contributed by atoms with Gasteiger partial charge in [-0.05, 0) is 18.8 Å². The van der Waals surface area contributed by atoms with Gasteiger partial charge in [0.25, 0.3) is 5.91 Å². The van der Waals surface area contributed by atoms with E-state index >= 15 is 0 Å². The molecule has 4 heteroatoms. The van der Waals surface area contributed by atoms with Crippen molar-refractivity contribution in [3.05, 3.63) is 0 Å². The van der Waals surface area contributed by atoms with Gasteiger partial charge in [-0.25, -0.2) is 4.79 Å². The fraction of sp³-hybridized carbons (Fsp3) is 0.846. The number of carbonyl (C=O) groups is 2. The Kier molecular flexibility index (Phi) is 3.69. The standard InChI is InChI=1S/C13H22N2O2/c1-3-9(2)11-12(16)15(13(17)14-11)10-7-5-4-6-8-10/h9-11H,3-8H2,1-2H3,(H,14,17)/t9-,11+/m1/s1. The summed E-state index contributed by atoms with van der Waals surface area (Å²) < 4.78 is 0. The first-order valence-corrected chi connectivity index (χ1v) is 6.78. The van der Waals surface area contributed by atoms with Crippen LogP contribution in [0.2, 0.25) is 0 Å². The summed E-state index contributed by atoms with van der Waals surface area (Å²) in [6.45, 7) is 4.07. The number of nitrogens with zero attached hydrogens (tertiary/aromatic N) is 1. The average molecular weight is 238 g/mol. The van der Waals surface area contributed by atoms with Crippen molar-refractivity contribution >= 4 is 11.9 Å². The van der Waals surface area contributed by atoms with E-state index in [1.165, 1.54) is 11.3 Å². The smallest absolute Gasteiger partial charge is 0.325 e. The van der Waals surface area contributed by atoms with Crippen molar-refractivity contribution in [1.29, 1.82) is 0 Å². The van der Waals surface area contributed by atoms with Gasteiger partial charge >= 0.3 is 6.03 Å². The predicted molar refractivity (Wildman–Crippen MR) is 65.5 cm³/mol. The number of nitrogens with one attached hydrogen (secondary N) is 1. The van der Waals surface area contributed by atoms with Gasteiger partial charge in [0.05, 0.1) is 0 Å². The highest BCUT2D eigenvalue weighted by atomic mass is 16.2. The predicted octanol–water partition coefficient (Wildman–Crippen LogP) is 2.29. The second-order valence-corrected chi connectivity index (χ2v) is 5.31. The minimum absolute atomic E-state index is 0.00347. The van der Waals surface area contributed by atoms with E-state index in [1.807, 2.05) is 13.8 Å². The molecule has 1 aliphatic carbocycles. The van der Waals surface area contributed by atoms with E-state index < -0.39 is 0 Å². The Balaban J connectivity index is 2.07. The molecule has 2 atom stereocenters. The second kappa shape index (κ2) is 5.07. The monoisotopic (exact) mass is 238 g/mol. The Bertz CT molecular complexity index is 311. The molecule has 1 aliphatic heterocycles. The first-order chi connectivity index (χ1) is 8.15. The molecule has 0 spiro atoms. The molecule has 2 fully saturated rings. The number of hydrogen-bond acceptors (Lipinski definition) is 2. The average Bonchev–Trinajstić information content (AvgIpc) is 2.65. The lowest BCUT2D eigenvalue weighted by Gasteiger charge is -2.28. The summed E-state index contributed by atoms with van der Waals surface area (Å²) in [6, 6.07) is -0.327. The summed E-state index contributed by atoms with van der Waals surface area (Å²) in [6.07, 6.45) is 6.37. The number of urea groups is 1. The summed E-state index contributed by atoms with van der Waals surface area (Å²) in [5.74, 6) is 0.219. The summed E-state index contributed by atoms with van der Waals surface area (Å²) in [4.78, 5) is 25.7. The third-order valence-corrected chi connectivity index (χ3v) is 4.15. The number of rotatable bonds is 3. The van der Waals surface area contributed by atoms with Crippen LogP contribution < -0.4 is 5.32 Å². The maximum Gasteiger partial charge on any atom is 0.325 e. The normalized spacial score (nSPS) is 28.4. The topological polar surface area (TPSA) is 49.4 Å². The van der Waals surface area contributed by atoms with Crippen molar-refractivity contribution in [2.24, 2.45) is 5.92 Å². The molecule has 1 saturated heterocycles. The summed E-state index contributed by atoms with van der Waals surface area (Å²) in [7, 11) is 0. The quantitative estimate of drug-likeness (QED) is 0.767. The molecule has 0 unspecified atom stereocenters. The van der Waals surface area contributed by atoms with Gasteiger partial charge < -0.3 is 5.32 Å². The molecule has 0 radical (unpaired) electrons. The minimum atomic E-state index is -0.297. The Morgan fingerprint density at radius 1 is 1.29 bits per heavy atom. The summed E-state index contributed by atoms with van der Waals surface area (Å²) >= 11 is 0. The molecule has 0 aromatic rings. The molecule has 3 amide bonds. The Hall–Kier alpha value is -1.06. The Morgan fingerprint density at radius 3 is 2.53 bits per heavy atom. The maximum atomic E-state index is 12.3. The van der Waals surface area contributed by atoms with E-state index in [4.69, 9.17) is 0 Å². The highest BCUT2D eigenvalue weighted by Crippen LogP contribution is 2.27. The zero-order valence-electron chi connectivity index (χ0n) is 10.7. The third-order valence-electron chi connectivity index (χ3n) is 4.15. The fourth-order valence-corrected chi connectivity index (χ4v) is 2.82. The number of imide groups is 1. The second-order valence-electron chi connectivity index (χ2n) is 5.31. The molecular formula is C13H22N2O2. The van der Waals surface area contributed by atoms with E-state index in [0.29, 0.717) is 0 Å². The molecule has 2 rings (SSSR count). The van der Waals surface area contributed by atoms with Gasteiger partial charge in [0.1, 0.15) is 6.04 Å². The lowest BCUT2D eigenvalue weighted by atomic mass is 9.93. The van der Waals surface area contributed by atoms with Crippen LogP contribution in [-0.2, 0) is 4.79 Å². The molecule has 96 valence electrons. The zero-order chi connectivity index (χ0) is 12.4. The van der Waals surface area contributed by atoms with Crippen LogP contribution in [-0.4, -0.2) is 28.9 Å². The molecule has 17 heavy (non-hydrogen) atoms. The van der Waals surface area contributed by atoms with E-state index in [0.717, 1.165) is 32.1 Å². The third kappa shape index (κ3) is 2.31. The van der Waals surface area contributed by atoms with Crippen molar-refractivity contribution in [3.63, 3.8) is 0 Å². The van der Waals surface area contributed by atoms with E-state index in [2.05, 4.69) is 5.32 Å².